The van der Waals surface area contributed by atoms with Gasteiger partial charge in [-0.25, -0.2) is 13.4 Å². The van der Waals surface area contributed by atoms with Crippen LogP contribution < -0.4 is 10.1 Å². The molecule has 0 saturated carbocycles. The lowest BCUT2D eigenvalue weighted by Crippen LogP contribution is -2.36. The highest BCUT2D eigenvalue weighted by Gasteiger charge is 2.31. The largest absolute Gasteiger partial charge is 0.497 e. The van der Waals surface area contributed by atoms with Crippen molar-refractivity contribution in [3.8, 4) is 5.75 Å². The summed E-state index contributed by atoms with van der Waals surface area (Å²) < 4.78 is 29.0. The average Bonchev–Trinajstić information content (AvgIpc) is 3.16. The Labute approximate surface area is 193 Å². The first-order valence-corrected chi connectivity index (χ1v) is 13.0. The van der Waals surface area contributed by atoms with Gasteiger partial charge in [0, 0.05) is 11.4 Å². The molecule has 7 heteroatoms. The van der Waals surface area contributed by atoms with Crippen LogP contribution in [-0.4, -0.2) is 44.0 Å². The fraction of sp³-hybridized carbons (Fsp3) is 0.308. The zero-order chi connectivity index (χ0) is 23.0. The molecule has 1 fully saturated rings. The van der Waals surface area contributed by atoms with Crippen LogP contribution in [0.25, 0.3) is 22.6 Å². The molecule has 1 amide bonds. The number of pyridine rings is 1. The predicted molar refractivity (Wildman–Crippen MR) is 130 cm³/mol. The van der Waals surface area contributed by atoms with Crippen molar-refractivity contribution < 1.29 is 17.9 Å². The number of para-hydroxylation sites is 1. The zero-order valence-electron chi connectivity index (χ0n) is 18.5. The quantitative estimate of drug-likeness (QED) is 0.633. The van der Waals surface area contributed by atoms with Crippen molar-refractivity contribution in [2.24, 2.45) is 0 Å². The van der Waals surface area contributed by atoms with Crippen LogP contribution >= 0.6 is 0 Å². The second kappa shape index (κ2) is 8.63. The number of aromatic nitrogens is 1. The molecule has 170 valence electrons. The van der Waals surface area contributed by atoms with Crippen LogP contribution in [0.15, 0.2) is 48.5 Å². The van der Waals surface area contributed by atoms with Crippen molar-refractivity contribution in [3.63, 3.8) is 0 Å². The van der Waals surface area contributed by atoms with Crippen LogP contribution in [0.3, 0.4) is 0 Å². The maximum atomic E-state index is 13.5. The van der Waals surface area contributed by atoms with Gasteiger partial charge in [-0.15, -0.1) is 0 Å². The first kappa shape index (κ1) is 21.6. The molecule has 1 saturated heterocycles. The van der Waals surface area contributed by atoms with E-state index in [-0.39, 0.29) is 23.5 Å². The molecular formula is C26H26N2O4S. The molecule has 1 atom stereocenters. The van der Waals surface area contributed by atoms with Crippen LogP contribution in [-0.2, 0) is 16.3 Å². The summed E-state index contributed by atoms with van der Waals surface area (Å²) in [7, 11) is -1.43. The molecule has 1 aliphatic carbocycles. The van der Waals surface area contributed by atoms with Gasteiger partial charge in [-0.1, -0.05) is 30.3 Å². The van der Waals surface area contributed by atoms with Gasteiger partial charge in [0.25, 0.3) is 5.91 Å². The number of nitrogens with zero attached hydrogens (tertiary/aromatic N) is 1. The molecule has 2 aromatic carbocycles. The summed E-state index contributed by atoms with van der Waals surface area (Å²) in [6, 6.07) is 15.2. The molecule has 1 aliphatic heterocycles. The van der Waals surface area contributed by atoms with Gasteiger partial charge in [0.2, 0.25) is 0 Å². The van der Waals surface area contributed by atoms with Gasteiger partial charge >= 0.3 is 0 Å². The standard InChI is InChI=1S/C26H26N2O4S/c1-32-20-11-9-17(10-12-20)15-18-5-4-7-22-24(21-6-2-3-8-23(21)28-25(18)22)26(29)27-19-13-14-33(30,31)16-19/h2-3,6,8-12,15,19H,4-5,7,13-14,16H2,1H3,(H,27,29). The number of carbonyl (C=O) groups is 1. The number of hydrogen-bond donors (Lipinski definition) is 1. The third-order valence-electron chi connectivity index (χ3n) is 6.42. The Bertz CT molecular complexity index is 1360. The van der Waals surface area contributed by atoms with E-state index < -0.39 is 9.84 Å². The van der Waals surface area contributed by atoms with E-state index in [1.165, 1.54) is 0 Å². The monoisotopic (exact) mass is 462 g/mol. The Balaban J connectivity index is 1.58. The normalized spacial score (nSPS) is 20.5. The number of carbonyl (C=O) groups excluding carboxylic acids is 1. The van der Waals surface area contributed by atoms with Gasteiger partial charge < -0.3 is 10.1 Å². The minimum Gasteiger partial charge on any atom is -0.497 e. The SMILES string of the molecule is COc1ccc(C=C2CCCc3c2nc2ccccc2c3C(=O)NC2CCS(=O)(=O)C2)cc1. The maximum absolute atomic E-state index is 13.5. The number of benzene rings is 2. The van der Waals surface area contributed by atoms with Crippen molar-refractivity contribution in [2.75, 3.05) is 18.6 Å². The van der Waals surface area contributed by atoms with Crippen molar-refractivity contribution in [2.45, 2.75) is 31.7 Å². The highest BCUT2D eigenvalue weighted by Crippen LogP contribution is 2.36. The van der Waals surface area contributed by atoms with Gasteiger partial charge in [0.05, 0.1) is 35.4 Å². The lowest BCUT2D eigenvalue weighted by molar-refractivity contribution is 0.0941. The minimum absolute atomic E-state index is 0.00652. The topological polar surface area (TPSA) is 85.4 Å². The van der Waals surface area contributed by atoms with E-state index in [1.807, 2.05) is 48.5 Å². The van der Waals surface area contributed by atoms with Gasteiger partial charge in [-0.2, -0.15) is 0 Å². The van der Waals surface area contributed by atoms with Gasteiger partial charge in [0.1, 0.15) is 5.75 Å². The second-order valence-corrected chi connectivity index (χ2v) is 10.9. The number of sulfone groups is 1. The van der Waals surface area contributed by atoms with Gasteiger partial charge in [-0.05, 0) is 66.7 Å². The molecular weight excluding hydrogens is 436 g/mol. The molecule has 3 aromatic rings. The lowest BCUT2D eigenvalue weighted by Gasteiger charge is -2.23. The van der Waals surface area contributed by atoms with E-state index in [9.17, 15) is 13.2 Å². The summed E-state index contributed by atoms with van der Waals surface area (Å²) in [5.41, 5.74) is 5.35. The summed E-state index contributed by atoms with van der Waals surface area (Å²) in [5.74, 6) is 0.727. The van der Waals surface area contributed by atoms with E-state index in [2.05, 4.69) is 11.4 Å². The Kier molecular flexibility index (Phi) is 5.66. The number of fused-ring (bicyclic) bond motifs is 2. The first-order chi connectivity index (χ1) is 15.9. The smallest absolute Gasteiger partial charge is 0.252 e. The Hall–Kier alpha value is -3.19. The summed E-state index contributed by atoms with van der Waals surface area (Å²) in [6.45, 7) is 0. The Morgan fingerprint density at radius 1 is 1.12 bits per heavy atom. The molecule has 0 bridgehead atoms. The fourth-order valence-electron chi connectivity index (χ4n) is 4.80. The number of hydrogen-bond acceptors (Lipinski definition) is 5. The molecule has 1 aromatic heterocycles. The Morgan fingerprint density at radius 3 is 2.64 bits per heavy atom. The van der Waals surface area contributed by atoms with Crippen molar-refractivity contribution in [3.05, 3.63) is 70.9 Å². The highest BCUT2D eigenvalue weighted by molar-refractivity contribution is 7.91. The minimum atomic E-state index is -3.08. The summed E-state index contributed by atoms with van der Waals surface area (Å²) in [6.07, 6.45) is 5.16. The molecule has 5 rings (SSSR count). The zero-order valence-corrected chi connectivity index (χ0v) is 19.3. The third kappa shape index (κ3) is 4.37. The lowest BCUT2D eigenvalue weighted by atomic mass is 9.85. The van der Waals surface area contributed by atoms with Gasteiger partial charge in [0.15, 0.2) is 9.84 Å². The molecule has 1 unspecified atom stereocenters. The number of ether oxygens (including phenoxy) is 1. The van der Waals surface area contributed by atoms with E-state index >= 15 is 0 Å². The second-order valence-electron chi connectivity index (χ2n) is 8.70. The number of amides is 1. The number of nitrogens with one attached hydrogen (secondary N) is 1. The van der Waals surface area contributed by atoms with Crippen LogP contribution in [0.5, 0.6) is 5.75 Å². The molecule has 6 nitrogen and oxygen atoms in total. The summed E-state index contributed by atoms with van der Waals surface area (Å²) in [4.78, 5) is 18.4. The van der Waals surface area contributed by atoms with E-state index in [0.29, 0.717) is 12.0 Å². The number of allylic oxidation sites excluding steroid dienone is 1. The van der Waals surface area contributed by atoms with Gasteiger partial charge in [-0.3, -0.25) is 4.79 Å². The summed E-state index contributed by atoms with van der Waals surface area (Å²) in [5, 5.41) is 3.80. The number of methoxy groups -OCH3 is 1. The molecule has 0 radical (unpaired) electrons. The van der Waals surface area contributed by atoms with Crippen molar-refractivity contribution in [1.82, 2.24) is 10.3 Å². The van der Waals surface area contributed by atoms with Crippen LogP contribution in [0, 0.1) is 0 Å². The predicted octanol–water partition coefficient (Wildman–Crippen LogP) is 4.04. The summed E-state index contributed by atoms with van der Waals surface area (Å²) >= 11 is 0. The van der Waals surface area contributed by atoms with Crippen LogP contribution in [0.1, 0.15) is 46.4 Å². The van der Waals surface area contributed by atoms with E-state index in [0.717, 1.165) is 58.3 Å². The van der Waals surface area contributed by atoms with Crippen molar-refractivity contribution in [1.29, 1.82) is 0 Å². The Morgan fingerprint density at radius 2 is 1.91 bits per heavy atom. The molecule has 2 heterocycles. The molecule has 1 N–H and O–H groups in total. The van der Waals surface area contributed by atoms with E-state index in [4.69, 9.17) is 9.72 Å². The number of rotatable bonds is 4. The van der Waals surface area contributed by atoms with E-state index in [1.54, 1.807) is 7.11 Å². The molecule has 2 aliphatic rings. The highest BCUT2D eigenvalue weighted by atomic mass is 32.2. The molecule has 33 heavy (non-hydrogen) atoms. The van der Waals surface area contributed by atoms with Crippen LogP contribution in [0.4, 0.5) is 0 Å². The maximum Gasteiger partial charge on any atom is 0.252 e. The first-order valence-electron chi connectivity index (χ1n) is 11.2. The third-order valence-corrected chi connectivity index (χ3v) is 8.19. The molecule has 0 spiro atoms. The van der Waals surface area contributed by atoms with Crippen molar-refractivity contribution >= 4 is 38.3 Å². The van der Waals surface area contributed by atoms with Crippen LogP contribution in [0.2, 0.25) is 0 Å². The average molecular weight is 463 g/mol. The fourth-order valence-corrected chi connectivity index (χ4v) is 6.48.